The molecule has 0 aromatic heterocycles. The second-order valence-corrected chi connectivity index (χ2v) is 4.22. The van der Waals surface area contributed by atoms with Gasteiger partial charge in [0, 0.05) is 6.07 Å². The molecule has 0 saturated heterocycles. The van der Waals surface area contributed by atoms with Gasteiger partial charge in [-0.1, -0.05) is 17.7 Å². The molecule has 0 aliphatic heterocycles. The van der Waals surface area contributed by atoms with Crippen LogP contribution in [0.5, 0.6) is 0 Å². The Morgan fingerprint density at radius 1 is 1.68 bits per heavy atom. The van der Waals surface area contributed by atoms with Gasteiger partial charge < -0.3 is 5.11 Å². The molecule has 1 atom stereocenters. The van der Waals surface area contributed by atoms with Crippen LogP contribution in [-0.4, -0.2) is 34.5 Å². The molecule has 7 nitrogen and oxygen atoms in total. The number of nitro benzene ring substituents is 1. The summed E-state index contributed by atoms with van der Waals surface area (Å²) in [6.07, 6.45) is 0. The van der Waals surface area contributed by atoms with Crippen molar-refractivity contribution >= 4 is 23.3 Å². The van der Waals surface area contributed by atoms with Crippen molar-refractivity contribution in [1.82, 2.24) is 4.90 Å². The van der Waals surface area contributed by atoms with E-state index in [9.17, 15) is 14.9 Å². The number of halogens is 1. The quantitative estimate of drug-likeness (QED) is 0.652. The number of nitro groups is 1. The molecule has 1 aromatic carbocycles. The maximum atomic E-state index is 10.8. The molecule has 0 aliphatic rings. The van der Waals surface area contributed by atoms with Crippen LogP contribution in [0.1, 0.15) is 11.6 Å². The highest BCUT2D eigenvalue weighted by Crippen LogP contribution is 2.29. The van der Waals surface area contributed by atoms with Crippen LogP contribution < -0.4 is 0 Å². The zero-order chi connectivity index (χ0) is 14.6. The minimum Gasteiger partial charge on any atom is -0.480 e. The summed E-state index contributed by atoms with van der Waals surface area (Å²) in [4.78, 5) is 22.0. The molecule has 8 heteroatoms. The van der Waals surface area contributed by atoms with E-state index < -0.39 is 16.9 Å². The molecule has 1 N–H and O–H groups in total. The highest BCUT2D eigenvalue weighted by molar-refractivity contribution is 6.32. The highest BCUT2D eigenvalue weighted by atomic mass is 35.5. The molecular weight excluding hydrogens is 274 g/mol. The van der Waals surface area contributed by atoms with Crippen molar-refractivity contribution < 1.29 is 14.8 Å². The van der Waals surface area contributed by atoms with Crippen LogP contribution in [0.4, 0.5) is 5.69 Å². The molecule has 1 rings (SSSR count). The Morgan fingerprint density at radius 2 is 2.32 bits per heavy atom. The van der Waals surface area contributed by atoms with Gasteiger partial charge in [0.2, 0.25) is 0 Å². The van der Waals surface area contributed by atoms with Gasteiger partial charge in [0.1, 0.15) is 11.1 Å². The topological polar surface area (TPSA) is 107 Å². The first-order valence-corrected chi connectivity index (χ1v) is 5.50. The van der Waals surface area contributed by atoms with E-state index in [0.717, 1.165) is 0 Å². The number of hydrogen-bond donors (Lipinski definition) is 1. The third kappa shape index (κ3) is 3.64. The summed E-state index contributed by atoms with van der Waals surface area (Å²) in [6, 6.07) is 4.96. The van der Waals surface area contributed by atoms with Gasteiger partial charge in [0.05, 0.1) is 17.5 Å². The van der Waals surface area contributed by atoms with Crippen LogP contribution in [0.25, 0.3) is 0 Å². The van der Waals surface area contributed by atoms with Gasteiger partial charge in [-0.05, 0) is 18.7 Å². The molecule has 100 valence electrons. The van der Waals surface area contributed by atoms with Crippen molar-refractivity contribution in [2.75, 3.05) is 13.6 Å². The SMILES string of the molecule is CN(CC(=O)O)C(C#N)c1ccc(Cl)c([N+](=O)[O-])c1. The van der Waals surface area contributed by atoms with Gasteiger partial charge in [0.25, 0.3) is 5.69 Å². The van der Waals surface area contributed by atoms with E-state index in [2.05, 4.69) is 0 Å². The molecule has 1 unspecified atom stereocenters. The lowest BCUT2D eigenvalue weighted by Gasteiger charge is -2.20. The number of carboxylic acids is 1. The van der Waals surface area contributed by atoms with E-state index in [1.54, 1.807) is 0 Å². The molecule has 1 aromatic rings. The summed E-state index contributed by atoms with van der Waals surface area (Å²) in [5.41, 5.74) is 0.00508. The van der Waals surface area contributed by atoms with Crippen LogP contribution in [0.2, 0.25) is 5.02 Å². The molecule has 0 bridgehead atoms. The Morgan fingerprint density at radius 3 is 2.79 bits per heavy atom. The molecule has 19 heavy (non-hydrogen) atoms. The van der Waals surface area contributed by atoms with Crippen molar-refractivity contribution in [3.05, 3.63) is 38.9 Å². The molecule has 0 aliphatic carbocycles. The van der Waals surface area contributed by atoms with E-state index in [-0.39, 0.29) is 17.3 Å². The van der Waals surface area contributed by atoms with Crippen LogP contribution in [-0.2, 0) is 4.79 Å². The number of benzene rings is 1. The third-order valence-corrected chi connectivity index (χ3v) is 2.75. The Kier molecular flexibility index (Phi) is 4.80. The van der Waals surface area contributed by atoms with Crippen molar-refractivity contribution in [3.63, 3.8) is 0 Å². The van der Waals surface area contributed by atoms with Crippen molar-refractivity contribution in [2.24, 2.45) is 0 Å². The fraction of sp³-hybridized carbons (Fsp3) is 0.273. The van der Waals surface area contributed by atoms with Crippen LogP contribution in [0.3, 0.4) is 0 Å². The number of carboxylic acid groups (broad SMARTS) is 1. The summed E-state index contributed by atoms with van der Waals surface area (Å²) in [5, 5.41) is 28.5. The standard InChI is InChI=1S/C11H10ClN3O4/c1-14(6-11(16)17)10(5-13)7-2-3-8(12)9(4-7)15(18)19/h2-4,10H,6H2,1H3,(H,16,17). The maximum Gasteiger partial charge on any atom is 0.317 e. The minimum absolute atomic E-state index is 0.0358. The lowest BCUT2D eigenvalue weighted by atomic mass is 10.1. The van der Waals surface area contributed by atoms with E-state index in [0.29, 0.717) is 5.56 Å². The summed E-state index contributed by atoms with van der Waals surface area (Å²) >= 11 is 5.67. The van der Waals surface area contributed by atoms with E-state index in [4.69, 9.17) is 22.0 Å². The molecule has 0 radical (unpaired) electrons. The Labute approximate surface area is 113 Å². The summed E-state index contributed by atoms with van der Waals surface area (Å²) in [5.74, 6) is -1.09. The third-order valence-electron chi connectivity index (χ3n) is 2.43. The lowest BCUT2D eigenvalue weighted by molar-refractivity contribution is -0.384. The van der Waals surface area contributed by atoms with Gasteiger partial charge in [-0.3, -0.25) is 19.8 Å². The number of aliphatic carboxylic acids is 1. The number of carbonyl (C=O) groups is 1. The van der Waals surface area contributed by atoms with E-state index in [1.807, 2.05) is 6.07 Å². The normalized spacial score (nSPS) is 11.9. The Bertz CT molecular complexity index is 555. The van der Waals surface area contributed by atoms with Crippen molar-refractivity contribution in [2.45, 2.75) is 6.04 Å². The van der Waals surface area contributed by atoms with Gasteiger partial charge in [-0.25, -0.2) is 0 Å². The van der Waals surface area contributed by atoms with Crippen LogP contribution in [0, 0.1) is 21.4 Å². The zero-order valence-corrected chi connectivity index (χ0v) is 10.7. The van der Waals surface area contributed by atoms with Gasteiger partial charge in [0.15, 0.2) is 0 Å². The largest absolute Gasteiger partial charge is 0.480 e. The number of rotatable bonds is 5. The predicted molar refractivity (Wildman–Crippen MR) is 66.7 cm³/mol. The fourth-order valence-electron chi connectivity index (χ4n) is 1.57. The van der Waals surface area contributed by atoms with E-state index >= 15 is 0 Å². The molecule has 0 fully saturated rings. The summed E-state index contributed by atoms with van der Waals surface area (Å²) in [7, 11) is 1.45. The van der Waals surface area contributed by atoms with Gasteiger partial charge in [-0.15, -0.1) is 0 Å². The number of nitriles is 1. The number of nitrogens with zero attached hydrogens (tertiary/aromatic N) is 3. The van der Waals surface area contributed by atoms with E-state index in [1.165, 1.54) is 30.1 Å². The maximum absolute atomic E-state index is 10.8. The van der Waals surface area contributed by atoms with Crippen molar-refractivity contribution in [1.29, 1.82) is 5.26 Å². The fourth-order valence-corrected chi connectivity index (χ4v) is 1.76. The Balaban J connectivity index is 3.13. The average molecular weight is 284 g/mol. The van der Waals surface area contributed by atoms with Gasteiger partial charge >= 0.3 is 5.97 Å². The first-order chi connectivity index (χ1) is 8.86. The molecule has 0 amide bonds. The van der Waals surface area contributed by atoms with Crippen LogP contribution in [0.15, 0.2) is 18.2 Å². The number of hydrogen-bond acceptors (Lipinski definition) is 5. The molecule has 0 spiro atoms. The summed E-state index contributed by atoms with van der Waals surface area (Å²) < 4.78 is 0. The van der Waals surface area contributed by atoms with Crippen LogP contribution >= 0.6 is 11.6 Å². The van der Waals surface area contributed by atoms with Gasteiger partial charge in [-0.2, -0.15) is 5.26 Å². The Hall–Kier alpha value is -2.17. The average Bonchev–Trinajstić information content (AvgIpc) is 2.30. The predicted octanol–water partition coefficient (Wildman–Crippen LogP) is 1.83. The number of likely N-dealkylation sites (N-methyl/N-ethyl adjacent to an activating group) is 1. The first kappa shape index (κ1) is 14.9. The van der Waals surface area contributed by atoms with Crippen molar-refractivity contribution in [3.8, 4) is 6.07 Å². The molecule has 0 saturated carbocycles. The second kappa shape index (κ2) is 6.13. The minimum atomic E-state index is -1.09. The monoisotopic (exact) mass is 283 g/mol. The smallest absolute Gasteiger partial charge is 0.317 e. The highest BCUT2D eigenvalue weighted by Gasteiger charge is 2.22. The summed E-state index contributed by atoms with van der Waals surface area (Å²) in [6.45, 7) is -0.353. The molecular formula is C11H10ClN3O4. The lowest BCUT2D eigenvalue weighted by Crippen LogP contribution is -2.29. The zero-order valence-electron chi connectivity index (χ0n) is 9.91. The second-order valence-electron chi connectivity index (χ2n) is 3.81. The molecule has 0 heterocycles. The first-order valence-electron chi connectivity index (χ1n) is 5.12.